The lowest BCUT2D eigenvalue weighted by molar-refractivity contribution is -0.124. The molecule has 0 spiro atoms. The second-order valence-electron chi connectivity index (χ2n) is 4.32. The van der Waals surface area contributed by atoms with Crippen molar-refractivity contribution in [1.29, 1.82) is 0 Å². The molecule has 1 aliphatic heterocycles. The second kappa shape index (κ2) is 3.29. The van der Waals surface area contributed by atoms with Gasteiger partial charge in [0.05, 0.1) is 5.54 Å². The molecular formula is C10H18N2O. The average Bonchev–Trinajstić information content (AvgIpc) is 2.32. The van der Waals surface area contributed by atoms with Gasteiger partial charge in [0.15, 0.2) is 0 Å². The van der Waals surface area contributed by atoms with Gasteiger partial charge in [0.1, 0.15) is 0 Å². The zero-order chi connectivity index (χ0) is 9.31. The highest BCUT2D eigenvalue weighted by atomic mass is 16.1. The number of fused-ring (bicyclic) bond motifs is 1. The first-order chi connectivity index (χ1) is 6.27. The number of carbonyl (C=O) groups is 1. The Kier molecular flexibility index (Phi) is 2.28. The number of carbonyl (C=O) groups excluding carboxylic acids is 1. The van der Waals surface area contributed by atoms with Crippen molar-refractivity contribution in [2.24, 2.45) is 5.92 Å². The molecule has 3 heteroatoms. The quantitative estimate of drug-likeness (QED) is 0.673. The van der Waals surface area contributed by atoms with Gasteiger partial charge in [-0.3, -0.25) is 4.79 Å². The summed E-state index contributed by atoms with van der Waals surface area (Å²) in [7, 11) is 0. The molecule has 2 unspecified atom stereocenters. The van der Waals surface area contributed by atoms with Gasteiger partial charge in [0.25, 0.3) is 0 Å². The van der Waals surface area contributed by atoms with Crippen molar-refractivity contribution in [2.45, 2.75) is 38.1 Å². The molecule has 2 atom stereocenters. The minimum Gasteiger partial charge on any atom is -0.349 e. The molecule has 2 N–H and O–H groups in total. The zero-order valence-corrected chi connectivity index (χ0v) is 8.23. The van der Waals surface area contributed by atoms with Crippen LogP contribution >= 0.6 is 0 Å². The highest BCUT2D eigenvalue weighted by Gasteiger charge is 2.50. The fraction of sp³-hybridized carbons (Fsp3) is 0.900. The van der Waals surface area contributed by atoms with Crippen LogP contribution in [0.25, 0.3) is 0 Å². The molecule has 1 saturated heterocycles. The summed E-state index contributed by atoms with van der Waals surface area (Å²) in [6, 6.07) is 0. The van der Waals surface area contributed by atoms with E-state index in [0.29, 0.717) is 12.3 Å². The van der Waals surface area contributed by atoms with E-state index in [9.17, 15) is 4.79 Å². The first-order valence-corrected chi connectivity index (χ1v) is 5.28. The summed E-state index contributed by atoms with van der Waals surface area (Å²) in [5.41, 5.74) is 0.145. The second-order valence-corrected chi connectivity index (χ2v) is 4.32. The van der Waals surface area contributed by atoms with E-state index < -0.39 is 0 Å². The van der Waals surface area contributed by atoms with Gasteiger partial charge in [-0.2, -0.15) is 0 Å². The molecule has 0 radical (unpaired) electrons. The summed E-state index contributed by atoms with van der Waals surface area (Å²) in [4.78, 5) is 11.4. The molecule has 3 nitrogen and oxygen atoms in total. The zero-order valence-electron chi connectivity index (χ0n) is 8.23. The topological polar surface area (TPSA) is 41.1 Å². The fourth-order valence-electron chi connectivity index (χ4n) is 2.47. The third-order valence-corrected chi connectivity index (χ3v) is 3.42. The lowest BCUT2D eigenvalue weighted by Crippen LogP contribution is -2.60. The van der Waals surface area contributed by atoms with Crippen LogP contribution in [0.5, 0.6) is 0 Å². The van der Waals surface area contributed by atoms with E-state index in [4.69, 9.17) is 0 Å². The van der Waals surface area contributed by atoms with E-state index in [2.05, 4.69) is 10.6 Å². The first-order valence-electron chi connectivity index (χ1n) is 5.28. The van der Waals surface area contributed by atoms with Crippen LogP contribution < -0.4 is 10.6 Å². The molecule has 1 aliphatic carbocycles. The molecule has 0 aromatic rings. The normalized spacial score (nSPS) is 36.5. The van der Waals surface area contributed by atoms with Crippen molar-refractivity contribution in [3.05, 3.63) is 0 Å². The van der Waals surface area contributed by atoms with Crippen LogP contribution in [-0.2, 0) is 4.79 Å². The first kappa shape index (κ1) is 9.00. The average molecular weight is 182 g/mol. The Bertz CT molecular complexity index is 217. The molecule has 0 bridgehead atoms. The number of nitrogens with one attached hydrogen (secondary N) is 2. The highest BCUT2D eigenvalue weighted by molar-refractivity contribution is 5.77. The Balaban J connectivity index is 1.89. The van der Waals surface area contributed by atoms with Gasteiger partial charge in [-0.15, -0.1) is 0 Å². The summed E-state index contributed by atoms with van der Waals surface area (Å²) < 4.78 is 0. The van der Waals surface area contributed by atoms with Crippen LogP contribution in [0.15, 0.2) is 0 Å². The predicted octanol–water partition coefficient (Wildman–Crippen LogP) is 0.655. The molecule has 1 amide bonds. The third-order valence-electron chi connectivity index (χ3n) is 3.42. The standard InChI is InChI=1S/C10H18N2O/c1-2-3-9(13)12-10-5-4-8(10)6-11-7-10/h8,11H,2-7H2,1H3,(H,12,13). The molecule has 1 heterocycles. The minimum atomic E-state index is 0.145. The van der Waals surface area contributed by atoms with Crippen molar-refractivity contribution in [3.63, 3.8) is 0 Å². The van der Waals surface area contributed by atoms with Crippen molar-refractivity contribution in [2.75, 3.05) is 13.1 Å². The number of hydrogen-bond donors (Lipinski definition) is 2. The Morgan fingerprint density at radius 3 is 3.08 bits per heavy atom. The van der Waals surface area contributed by atoms with E-state index in [1.165, 1.54) is 12.8 Å². The number of amides is 1. The predicted molar refractivity (Wildman–Crippen MR) is 51.4 cm³/mol. The minimum absolute atomic E-state index is 0.145. The Labute approximate surface area is 79.3 Å². The van der Waals surface area contributed by atoms with Crippen LogP contribution in [0.2, 0.25) is 0 Å². The molecule has 13 heavy (non-hydrogen) atoms. The van der Waals surface area contributed by atoms with Crippen LogP contribution in [0.1, 0.15) is 32.6 Å². The molecule has 2 fully saturated rings. The summed E-state index contributed by atoms with van der Waals surface area (Å²) in [5.74, 6) is 0.934. The SMILES string of the molecule is CCCC(=O)NC12CCC1CNC2. The van der Waals surface area contributed by atoms with E-state index in [-0.39, 0.29) is 11.4 Å². The van der Waals surface area contributed by atoms with E-state index in [1.807, 2.05) is 6.92 Å². The van der Waals surface area contributed by atoms with Gasteiger partial charge in [-0.1, -0.05) is 6.92 Å². The van der Waals surface area contributed by atoms with Crippen LogP contribution in [0.3, 0.4) is 0 Å². The van der Waals surface area contributed by atoms with Gasteiger partial charge >= 0.3 is 0 Å². The summed E-state index contributed by atoms with van der Waals surface area (Å²) in [5, 5.41) is 6.55. The summed E-state index contributed by atoms with van der Waals surface area (Å²) in [6.07, 6.45) is 4.06. The fourth-order valence-corrected chi connectivity index (χ4v) is 2.47. The smallest absolute Gasteiger partial charge is 0.220 e. The lowest BCUT2D eigenvalue weighted by Gasteiger charge is -2.44. The summed E-state index contributed by atoms with van der Waals surface area (Å²) >= 11 is 0. The maximum Gasteiger partial charge on any atom is 0.220 e. The van der Waals surface area contributed by atoms with Gasteiger partial charge in [0, 0.05) is 19.5 Å². The lowest BCUT2D eigenvalue weighted by atomic mass is 9.69. The van der Waals surface area contributed by atoms with E-state index >= 15 is 0 Å². The molecule has 2 aliphatic rings. The van der Waals surface area contributed by atoms with Crippen molar-refractivity contribution >= 4 is 5.91 Å². The number of rotatable bonds is 3. The van der Waals surface area contributed by atoms with Gasteiger partial charge in [-0.05, 0) is 25.2 Å². The van der Waals surface area contributed by atoms with Gasteiger partial charge in [-0.25, -0.2) is 0 Å². The largest absolute Gasteiger partial charge is 0.349 e. The van der Waals surface area contributed by atoms with Gasteiger partial charge < -0.3 is 10.6 Å². The van der Waals surface area contributed by atoms with E-state index in [0.717, 1.165) is 19.5 Å². The van der Waals surface area contributed by atoms with Crippen molar-refractivity contribution in [1.82, 2.24) is 10.6 Å². The van der Waals surface area contributed by atoms with Crippen molar-refractivity contribution < 1.29 is 4.79 Å². The molecule has 2 rings (SSSR count). The molecule has 1 saturated carbocycles. The maximum atomic E-state index is 11.4. The van der Waals surface area contributed by atoms with Crippen LogP contribution in [0.4, 0.5) is 0 Å². The molecule has 0 aromatic carbocycles. The van der Waals surface area contributed by atoms with Crippen LogP contribution in [-0.4, -0.2) is 24.5 Å². The van der Waals surface area contributed by atoms with Gasteiger partial charge in [0.2, 0.25) is 5.91 Å². The molecule has 0 aromatic heterocycles. The van der Waals surface area contributed by atoms with Crippen LogP contribution in [0, 0.1) is 5.92 Å². The molecular weight excluding hydrogens is 164 g/mol. The van der Waals surface area contributed by atoms with E-state index in [1.54, 1.807) is 0 Å². The Morgan fingerprint density at radius 2 is 2.54 bits per heavy atom. The monoisotopic (exact) mass is 182 g/mol. The Hall–Kier alpha value is -0.570. The Morgan fingerprint density at radius 1 is 1.69 bits per heavy atom. The summed E-state index contributed by atoms with van der Waals surface area (Å²) in [6.45, 7) is 4.11. The van der Waals surface area contributed by atoms with Crippen molar-refractivity contribution in [3.8, 4) is 0 Å². The highest BCUT2D eigenvalue weighted by Crippen LogP contribution is 2.41. The third kappa shape index (κ3) is 1.46. The maximum absolute atomic E-state index is 11.4. The molecule has 74 valence electrons. The number of hydrogen-bond acceptors (Lipinski definition) is 2.